The number of alkyl halides is 3. The van der Waals surface area contributed by atoms with E-state index in [1.807, 2.05) is 13.0 Å². The minimum absolute atomic E-state index is 0.210. The first-order valence-electron chi connectivity index (χ1n) is 11.8. The van der Waals surface area contributed by atoms with Gasteiger partial charge in [0, 0.05) is 29.8 Å². The van der Waals surface area contributed by atoms with E-state index in [4.69, 9.17) is 0 Å². The Balaban J connectivity index is 1.48. The van der Waals surface area contributed by atoms with Crippen LogP contribution in [-0.4, -0.2) is 41.3 Å². The number of thiazole rings is 1. The Morgan fingerprint density at radius 2 is 1.97 bits per heavy atom. The molecular weight excluding hydrogens is 521 g/mol. The second kappa shape index (κ2) is 9.80. The fraction of sp³-hybridized carbons (Fsp3) is 0.320. The first-order chi connectivity index (χ1) is 18.0. The number of aromatic nitrogens is 5. The molecule has 0 saturated heterocycles. The summed E-state index contributed by atoms with van der Waals surface area (Å²) in [5.74, 6) is -1.79. The molecule has 9 nitrogen and oxygen atoms in total. The van der Waals surface area contributed by atoms with Crippen LogP contribution in [0.1, 0.15) is 36.9 Å². The molecule has 3 heterocycles. The number of carboxylic acid groups (broad SMARTS) is 1. The van der Waals surface area contributed by atoms with Crippen molar-refractivity contribution in [2.75, 3.05) is 5.32 Å². The maximum absolute atomic E-state index is 13.1. The van der Waals surface area contributed by atoms with Crippen molar-refractivity contribution in [1.29, 1.82) is 0 Å². The van der Waals surface area contributed by atoms with Crippen molar-refractivity contribution in [3.63, 3.8) is 0 Å². The third-order valence-corrected chi connectivity index (χ3v) is 7.93. The Labute approximate surface area is 218 Å². The molecule has 198 valence electrons. The number of aliphatic carboxylic acids is 1. The molecule has 4 aromatic rings. The quantitative estimate of drug-likeness (QED) is 0.251. The van der Waals surface area contributed by atoms with Gasteiger partial charge in [0.15, 0.2) is 0 Å². The molecule has 38 heavy (non-hydrogen) atoms. The summed E-state index contributed by atoms with van der Waals surface area (Å²) < 4.78 is 39.4. The van der Waals surface area contributed by atoms with E-state index in [0.29, 0.717) is 22.7 Å². The van der Waals surface area contributed by atoms with Crippen LogP contribution >= 0.6 is 11.3 Å². The fourth-order valence-electron chi connectivity index (χ4n) is 4.76. The van der Waals surface area contributed by atoms with Gasteiger partial charge in [-0.3, -0.25) is 9.89 Å². The molecule has 3 aromatic heterocycles. The van der Waals surface area contributed by atoms with E-state index >= 15 is 0 Å². The third kappa shape index (κ3) is 5.24. The number of hydrogen-bond acceptors (Lipinski definition) is 8. The molecular formula is C25H23F3N6O3S. The maximum Gasteiger partial charge on any atom is 0.433 e. The van der Waals surface area contributed by atoms with Gasteiger partial charge in [-0.05, 0) is 60.6 Å². The van der Waals surface area contributed by atoms with Gasteiger partial charge < -0.3 is 15.5 Å². The molecule has 0 bridgehead atoms. The molecule has 1 saturated carbocycles. The lowest BCUT2D eigenvalue weighted by Gasteiger charge is -2.37. The van der Waals surface area contributed by atoms with Crippen molar-refractivity contribution in [2.45, 2.75) is 38.0 Å². The van der Waals surface area contributed by atoms with E-state index in [1.165, 1.54) is 11.3 Å². The summed E-state index contributed by atoms with van der Waals surface area (Å²) in [4.78, 5) is 24.2. The van der Waals surface area contributed by atoms with Crippen LogP contribution in [0.2, 0.25) is 0 Å². The van der Waals surface area contributed by atoms with Crippen LogP contribution in [0.4, 0.5) is 24.8 Å². The van der Waals surface area contributed by atoms with Gasteiger partial charge in [0.05, 0.1) is 17.0 Å². The summed E-state index contributed by atoms with van der Waals surface area (Å²) in [5.41, 5.74) is 0.344. The van der Waals surface area contributed by atoms with E-state index in [9.17, 15) is 28.2 Å². The molecule has 1 unspecified atom stereocenters. The van der Waals surface area contributed by atoms with Gasteiger partial charge in [-0.25, -0.2) is 15.0 Å². The highest BCUT2D eigenvalue weighted by Gasteiger charge is 2.43. The zero-order valence-corrected chi connectivity index (χ0v) is 20.8. The second-order valence-corrected chi connectivity index (χ2v) is 10.4. The van der Waals surface area contributed by atoms with Crippen LogP contribution in [-0.2, 0) is 16.6 Å². The Kier molecular flexibility index (Phi) is 6.65. The number of anilines is 2. The van der Waals surface area contributed by atoms with Gasteiger partial charge in [0.25, 0.3) is 0 Å². The van der Waals surface area contributed by atoms with Gasteiger partial charge in [-0.2, -0.15) is 18.3 Å². The number of halogens is 3. The molecule has 5 rings (SSSR count). The summed E-state index contributed by atoms with van der Waals surface area (Å²) in [6.07, 6.45) is 2.29. The van der Waals surface area contributed by atoms with Crippen molar-refractivity contribution < 1.29 is 28.2 Å². The summed E-state index contributed by atoms with van der Waals surface area (Å²) in [7, 11) is 0. The Morgan fingerprint density at radius 1 is 1.18 bits per heavy atom. The molecule has 4 N–H and O–H groups in total. The van der Waals surface area contributed by atoms with E-state index < -0.39 is 29.4 Å². The lowest BCUT2D eigenvalue weighted by atomic mass is 9.72. The number of rotatable bonds is 6. The van der Waals surface area contributed by atoms with Crippen molar-refractivity contribution >= 4 is 28.9 Å². The molecule has 1 aromatic carbocycles. The normalized spacial score (nSPS) is 21.8. The molecule has 0 aliphatic heterocycles. The first-order valence-corrected chi connectivity index (χ1v) is 12.6. The monoisotopic (exact) mass is 544 g/mol. The van der Waals surface area contributed by atoms with Crippen molar-refractivity contribution in [3.8, 4) is 21.6 Å². The average Bonchev–Trinajstić information content (AvgIpc) is 3.56. The number of benzene rings is 1. The van der Waals surface area contributed by atoms with Crippen LogP contribution in [0.5, 0.6) is 0 Å². The lowest BCUT2D eigenvalue weighted by Crippen LogP contribution is -2.38. The summed E-state index contributed by atoms with van der Waals surface area (Å²) >= 11 is 1.29. The Morgan fingerprint density at radius 3 is 2.66 bits per heavy atom. The smallest absolute Gasteiger partial charge is 0.433 e. The second-order valence-electron chi connectivity index (χ2n) is 9.40. The number of hydrogen-bond donors (Lipinski definition) is 4. The van der Waals surface area contributed by atoms with Crippen LogP contribution in [0.15, 0.2) is 49.1 Å². The zero-order chi connectivity index (χ0) is 27.1. The van der Waals surface area contributed by atoms with Crippen molar-refractivity contribution in [3.05, 3.63) is 59.8 Å². The van der Waals surface area contributed by atoms with Gasteiger partial charge >= 0.3 is 12.1 Å². The molecule has 0 amide bonds. The fourth-order valence-corrected chi connectivity index (χ4v) is 5.79. The molecule has 0 spiro atoms. The van der Waals surface area contributed by atoms with Crippen LogP contribution in [0, 0.1) is 11.8 Å². The number of carbonyl (C=O) groups is 1. The standard InChI is InChI=1S/C25H23F3N6O3S/c1-13-9-24(37,4-2-18(13)21(35)36)22-30-12-19(38-22)15-6-14(16-10-31-32-11-16)7-17(8-15)33-23-29-5-3-20(34-23)25(26,27)28/h3,5-8,10-13,18,37H,2,4,9H2,1H3,(H,31,32)(H,35,36)(H,29,33,34)/t13-,18?,24+/m1/s1. The topological polar surface area (TPSA) is 137 Å². The SMILES string of the molecule is C[C@@H]1C[C@](O)(c2ncc(-c3cc(Nc4nccc(C(F)(F)F)n4)cc(-c4cn[nH]c4)c3)s2)CCC1C(=O)O. The minimum Gasteiger partial charge on any atom is -0.481 e. The summed E-state index contributed by atoms with van der Waals surface area (Å²) in [5, 5.41) is 30.8. The van der Waals surface area contributed by atoms with Gasteiger partial charge in [0.1, 0.15) is 16.3 Å². The maximum atomic E-state index is 13.1. The van der Waals surface area contributed by atoms with Crippen molar-refractivity contribution in [2.24, 2.45) is 11.8 Å². The van der Waals surface area contributed by atoms with E-state index in [0.717, 1.165) is 28.3 Å². The predicted octanol–water partition coefficient (Wildman–Crippen LogP) is 5.46. The molecule has 0 radical (unpaired) electrons. The number of nitrogens with zero attached hydrogens (tertiary/aromatic N) is 4. The molecule has 3 atom stereocenters. The highest BCUT2D eigenvalue weighted by Crippen LogP contribution is 2.45. The zero-order valence-electron chi connectivity index (χ0n) is 20.0. The lowest BCUT2D eigenvalue weighted by molar-refractivity contribution is -0.148. The number of H-pyrrole nitrogens is 1. The minimum atomic E-state index is -4.61. The largest absolute Gasteiger partial charge is 0.481 e. The molecule has 1 aliphatic carbocycles. The first kappa shape index (κ1) is 25.8. The van der Waals surface area contributed by atoms with E-state index in [-0.39, 0.29) is 24.7 Å². The van der Waals surface area contributed by atoms with Crippen LogP contribution < -0.4 is 5.32 Å². The number of aliphatic hydroxyl groups is 1. The molecule has 13 heteroatoms. The third-order valence-electron chi connectivity index (χ3n) is 6.69. The Hall–Kier alpha value is -3.84. The highest BCUT2D eigenvalue weighted by atomic mass is 32.1. The Bertz CT molecular complexity index is 1460. The van der Waals surface area contributed by atoms with Gasteiger partial charge in [0.2, 0.25) is 5.95 Å². The van der Waals surface area contributed by atoms with Gasteiger partial charge in [-0.1, -0.05) is 6.92 Å². The van der Waals surface area contributed by atoms with Crippen molar-refractivity contribution in [1.82, 2.24) is 25.1 Å². The molecule has 1 aliphatic rings. The van der Waals surface area contributed by atoms with Crippen LogP contribution in [0.25, 0.3) is 21.6 Å². The summed E-state index contributed by atoms with van der Waals surface area (Å²) in [6.45, 7) is 1.82. The highest BCUT2D eigenvalue weighted by molar-refractivity contribution is 7.15. The average molecular weight is 545 g/mol. The number of aromatic amines is 1. The van der Waals surface area contributed by atoms with Gasteiger partial charge in [-0.15, -0.1) is 11.3 Å². The number of nitrogens with one attached hydrogen (secondary N) is 2. The van der Waals surface area contributed by atoms with E-state index in [1.54, 1.807) is 30.7 Å². The van der Waals surface area contributed by atoms with E-state index in [2.05, 4.69) is 30.5 Å². The molecule has 1 fully saturated rings. The number of carboxylic acids is 1. The summed E-state index contributed by atoms with van der Waals surface area (Å²) in [6, 6.07) is 6.15. The predicted molar refractivity (Wildman–Crippen MR) is 133 cm³/mol. The van der Waals surface area contributed by atoms with Crippen LogP contribution in [0.3, 0.4) is 0 Å².